The molecular formula is C24H20N2O3. The SMILES string of the molecule is Cc1cc(C(=O)OCc2ccc(OCc3ccccn3)cc2)c2ccccc2n1. The maximum absolute atomic E-state index is 12.6. The van der Waals surface area contributed by atoms with Crippen LogP contribution in [0.4, 0.5) is 0 Å². The van der Waals surface area contributed by atoms with E-state index in [1.54, 1.807) is 12.3 Å². The number of benzene rings is 2. The van der Waals surface area contributed by atoms with Gasteiger partial charge in [0.1, 0.15) is 19.0 Å². The number of aryl methyl sites for hydroxylation is 1. The normalized spacial score (nSPS) is 10.7. The molecule has 0 aliphatic rings. The van der Waals surface area contributed by atoms with Crippen LogP contribution in [0.5, 0.6) is 5.75 Å². The van der Waals surface area contributed by atoms with E-state index in [-0.39, 0.29) is 12.6 Å². The molecule has 2 heterocycles. The Balaban J connectivity index is 1.38. The number of para-hydroxylation sites is 1. The molecule has 0 saturated carbocycles. The summed E-state index contributed by atoms with van der Waals surface area (Å²) in [7, 11) is 0. The minimum absolute atomic E-state index is 0.190. The first-order chi connectivity index (χ1) is 14.2. The fourth-order valence-corrected chi connectivity index (χ4v) is 3.03. The predicted octanol–water partition coefficient (Wildman–Crippen LogP) is 4.87. The fourth-order valence-electron chi connectivity index (χ4n) is 3.03. The zero-order valence-electron chi connectivity index (χ0n) is 16.0. The predicted molar refractivity (Wildman–Crippen MR) is 111 cm³/mol. The Hall–Kier alpha value is -3.73. The summed E-state index contributed by atoms with van der Waals surface area (Å²) in [5.41, 5.74) is 3.85. The second kappa shape index (κ2) is 8.52. The molecule has 4 rings (SSSR count). The summed E-state index contributed by atoms with van der Waals surface area (Å²) in [6, 6.07) is 22.5. The van der Waals surface area contributed by atoms with E-state index in [2.05, 4.69) is 9.97 Å². The number of carbonyl (C=O) groups is 1. The van der Waals surface area contributed by atoms with Crippen LogP contribution in [0.15, 0.2) is 79.0 Å². The molecule has 4 aromatic rings. The lowest BCUT2D eigenvalue weighted by Gasteiger charge is -2.10. The molecule has 0 radical (unpaired) electrons. The first kappa shape index (κ1) is 18.6. The molecular weight excluding hydrogens is 364 g/mol. The van der Waals surface area contributed by atoms with Gasteiger partial charge in [-0.3, -0.25) is 9.97 Å². The molecule has 0 saturated heterocycles. The molecule has 29 heavy (non-hydrogen) atoms. The molecule has 2 aromatic carbocycles. The second-order valence-electron chi connectivity index (χ2n) is 6.66. The van der Waals surface area contributed by atoms with Gasteiger partial charge in [-0.25, -0.2) is 4.79 Å². The number of ether oxygens (including phenoxy) is 2. The van der Waals surface area contributed by atoms with E-state index in [0.29, 0.717) is 12.2 Å². The lowest BCUT2D eigenvalue weighted by Crippen LogP contribution is -2.07. The van der Waals surface area contributed by atoms with Gasteiger partial charge in [-0.05, 0) is 48.9 Å². The minimum Gasteiger partial charge on any atom is -0.487 e. The third-order valence-corrected chi connectivity index (χ3v) is 4.47. The summed E-state index contributed by atoms with van der Waals surface area (Å²) >= 11 is 0. The van der Waals surface area contributed by atoms with E-state index in [9.17, 15) is 4.79 Å². The van der Waals surface area contributed by atoms with Crippen molar-refractivity contribution in [3.8, 4) is 5.75 Å². The van der Waals surface area contributed by atoms with Gasteiger partial charge in [-0.2, -0.15) is 0 Å². The van der Waals surface area contributed by atoms with Crippen molar-refractivity contribution in [3.05, 3.63) is 102 Å². The standard InChI is InChI=1S/C24H20N2O3/c1-17-14-22(21-7-2-3-8-23(21)26-17)24(27)29-15-18-9-11-20(12-10-18)28-16-19-6-4-5-13-25-19/h2-14H,15-16H2,1H3. The van der Waals surface area contributed by atoms with Crippen molar-refractivity contribution >= 4 is 16.9 Å². The third-order valence-electron chi connectivity index (χ3n) is 4.47. The topological polar surface area (TPSA) is 61.3 Å². The summed E-state index contributed by atoms with van der Waals surface area (Å²) in [4.78, 5) is 21.3. The maximum atomic E-state index is 12.6. The van der Waals surface area contributed by atoms with Crippen LogP contribution in [0.1, 0.15) is 27.3 Å². The Kier molecular flexibility index (Phi) is 5.47. The van der Waals surface area contributed by atoms with E-state index in [1.807, 2.05) is 73.7 Å². The summed E-state index contributed by atoms with van der Waals surface area (Å²) in [6.45, 7) is 2.46. The Morgan fingerprint density at radius 1 is 0.931 bits per heavy atom. The fraction of sp³-hybridized carbons (Fsp3) is 0.125. The third kappa shape index (κ3) is 4.58. The Labute approximate surface area is 169 Å². The van der Waals surface area contributed by atoms with Crippen LogP contribution in [0.25, 0.3) is 10.9 Å². The Bertz CT molecular complexity index is 1130. The molecule has 0 N–H and O–H groups in total. The zero-order chi connectivity index (χ0) is 20.1. The zero-order valence-corrected chi connectivity index (χ0v) is 16.0. The van der Waals surface area contributed by atoms with E-state index < -0.39 is 0 Å². The average Bonchev–Trinajstić information content (AvgIpc) is 2.77. The molecule has 144 valence electrons. The average molecular weight is 384 g/mol. The highest BCUT2D eigenvalue weighted by molar-refractivity contribution is 6.03. The lowest BCUT2D eigenvalue weighted by molar-refractivity contribution is 0.0475. The van der Waals surface area contributed by atoms with Crippen LogP contribution in [-0.2, 0) is 18.0 Å². The number of pyridine rings is 2. The van der Waals surface area contributed by atoms with Crippen LogP contribution in [0.2, 0.25) is 0 Å². The molecule has 0 amide bonds. The lowest BCUT2D eigenvalue weighted by atomic mass is 10.1. The summed E-state index contributed by atoms with van der Waals surface area (Å²) in [5, 5.41) is 0.793. The number of esters is 1. The van der Waals surface area contributed by atoms with Crippen molar-refractivity contribution in [2.24, 2.45) is 0 Å². The first-order valence-electron chi connectivity index (χ1n) is 9.34. The number of nitrogens with zero attached hydrogens (tertiary/aromatic N) is 2. The molecule has 0 aliphatic heterocycles. The van der Waals surface area contributed by atoms with Crippen LogP contribution in [-0.4, -0.2) is 15.9 Å². The van der Waals surface area contributed by atoms with Crippen LogP contribution in [0, 0.1) is 6.92 Å². The van der Waals surface area contributed by atoms with Gasteiger partial charge in [-0.1, -0.05) is 36.4 Å². The van der Waals surface area contributed by atoms with Gasteiger partial charge in [0.25, 0.3) is 0 Å². The van der Waals surface area contributed by atoms with E-state index >= 15 is 0 Å². The van der Waals surface area contributed by atoms with Crippen molar-refractivity contribution < 1.29 is 14.3 Å². The van der Waals surface area contributed by atoms with Gasteiger partial charge < -0.3 is 9.47 Å². The van der Waals surface area contributed by atoms with Crippen LogP contribution in [0.3, 0.4) is 0 Å². The van der Waals surface area contributed by atoms with Crippen molar-refractivity contribution in [1.29, 1.82) is 0 Å². The molecule has 0 bridgehead atoms. The molecule has 0 atom stereocenters. The number of carbonyl (C=O) groups excluding carboxylic acids is 1. The highest BCUT2D eigenvalue weighted by atomic mass is 16.5. The number of aromatic nitrogens is 2. The largest absolute Gasteiger partial charge is 0.487 e. The molecule has 0 aliphatic carbocycles. The van der Waals surface area contributed by atoms with Crippen molar-refractivity contribution in [3.63, 3.8) is 0 Å². The van der Waals surface area contributed by atoms with Gasteiger partial charge in [0.15, 0.2) is 0 Å². The maximum Gasteiger partial charge on any atom is 0.339 e. The van der Waals surface area contributed by atoms with Crippen molar-refractivity contribution in [2.45, 2.75) is 20.1 Å². The Morgan fingerprint density at radius 3 is 2.52 bits per heavy atom. The smallest absolute Gasteiger partial charge is 0.339 e. The number of hydrogen-bond acceptors (Lipinski definition) is 5. The molecule has 5 heteroatoms. The molecule has 0 spiro atoms. The van der Waals surface area contributed by atoms with Gasteiger partial charge in [-0.15, -0.1) is 0 Å². The highest BCUT2D eigenvalue weighted by Crippen LogP contribution is 2.20. The first-order valence-corrected chi connectivity index (χ1v) is 9.34. The quantitative estimate of drug-likeness (QED) is 0.444. The van der Waals surface area contributed by atoms with E-state index in [0.717, 1.165) is 33.6 Å². The van der Waals surface area contributed by atoms with Crippen LogP contribution >= 0.6 is 0 Å². The molecule has 0 fully saturated rings. The summed E-state index contributed by atoms with van der Waals surface area (Å²) in [6.07, 6.45) is 1.74. The van der Waals surface area contributed by atoms with Gasteiger partial charge >= 0.3 is 5.97 Å². The molecule has 2 aromatic heterocycles. The molecule has 0 unspecified atom stereocenters. The summed E-state index contributed by atoms with van der Waals surface area (Å²) < 4.78 is 11.3. The Morgan fingerprint density at radius 2 is 1.72 bits per heavy atom. The van der Waals surface area contributed by atoms with Crippen molar-refractivity contribution in [2.75, 3.05) is 0 Å². The highest BCUT2D eigenvalue weighted by Gasteiger charge is 2.13. The number of hydrogen-bond donors (Lipinski definition) is 0. The minimum atomic E-state index is -0.359. The summed E-state index contributed by atoms with van der Waals surface area (Å²) in [5.74, 6) is 0.378. The van der Waals surface area contributed by atoms with E-state index in [1.165, 1.54) is 0 Å². The van der Waals surface area contributed by atoms with Crippen molar-refractivity contribution in [1.82, 2.24) is 9.97 Å². The number of rotatable bonds is 6. The van der Waals surface area contributed by atoms with Crippen LogP contribution < -0.4 is 4.74 Å². The van der Waals surface area contributed by atoms with Gasteiger partial charge in [0.2, 0.25) is 0 Å². The number of fused-ring (bicyclic) bond motifs is 1. The van der Waals surface area contributed by atoms with Gasteiger partial charge in [0, 0.05) is 17.3 Å². The monoisotopic (exact) mass is 384 g/mol. The van der Waals surface area contributed by atoms with Gasteiger partial charge in [0.05, 0.1) is 16.8 Å². The van der Waals surface area contributed by atoms with E-state index in [4.69, 9.17) is 9.47 Å². The second-order valence-corrected chi connectivity index (χ2v) is 6.66. The molecule has 5 nitrogen and oxygen atoms in total.